The summed E-state index contributed by atoms with van der Waals surface area (Å²) in [6.45, 7) is 29.4. The van der Waals surface area contributed by atoms with Gasteiger partial charge in [0, 0.05) is 22.3 Å². The fourth-order valence-electron chi connectivity index (χ4n) is 4.49. The molecule has 2 nitrogen and oxygen atoms in total. The van der Waals surface area contributed by atoms with Gasteiger partial charge in [0.1, 0.15) is 11.5 Å². The van der Waals surface area contributed by atoms with Gasteiger partial charge in [-0.25, -0.2) is 0 Å². The highest BCUT2D eigenvalue weighted by Gasteiger charge is 2.37. The van der Waals surface area contributed by atoms with Gasteiger partial charge in [-0.05, 0) is 63.4 Å². The first-order valence-electron chi connectivity index (χ1n) is 12.4. The van der Waals surface area contributed by atoms with Gasteiger partial charge in [-0.15, -0.1) is 0 Å². The van der Waals surface area contributed by atoms with Crippen LogP contribution in [0.3, 0.4) is 0 Å². The Kier molecular flexibility index (Phi) is 7.00. The highest BCUT2D eigenvalue weighted by Crippen LogP contribution is 2.58. The summed E-state index contributed by atoms with van der Waals surface area (Å²) in [7, 11) is -1.65. The summed E-state index contributed by atoms with van der Waals surface area (Å²) < 4.78 is 12.9. The number of hydrogen-bond acceptors (Lipinski definition) is 2. The SMILES string of the molecule is C/C1=C2\CC(C(C)(C)C)=CC(C(C)(C)C)=C2OP(Cl)Oc2c1cc(C(C)(C)C)cc2C(C)(C)C. The zero-order valence-electron chi connectivity index (χ0n) is 23.6. The van der Waals surface area contributed by atoms with Crippen molar-refractivity contribution in [2.24, 2.45) is 10.8 Å². The highest BCUT2D eigenvalue weighted by molar-refractivity contribution is 7.76. The number of benzene rings is 1. The molecule has 34 heavy (non-hydrogen) atoms. The third-order valence-corrected chi connectivity index (χ3v) is 7.99. The van der Waals surface area contributed by atoms with Gasteiger partial charge in [-0.2, -0.15) is 0 Å². The second-order valence-corrected chi connectivity index (χ2v) is 15.6. The van der Waals surface area contributed by atoms with Gasteiger partial charge in [0.2, 0.25) is 0 Å². The van der Waals surface area contributed by atoms with Crippen LogP contribution >= 0.6 is 19.0 Å². The zero-order valence-corrected chi connectivity index (χ0v) is 25.2. The average molecular weight is 503 g/mol. The quantitative estimate of drug-likeness (QED) is 0.328. The highest BCUT2D eigenvalue weighted by atomic mass is 35.7. The molecule has 1 unspecified atom stereocenters. The Balaban J connectivity index is 2.46. The second kappa shape index (κ2) is 8.70. The fourth-order valence-corrected chi connectivity index (χ4v) is 5.63. The molecule has 4 heteroatoms. The summed E-state index contributed by atoms with van der Waals surface area (Å²) in [4.78, 5) is 0. The predicted octanol–water partition coefficient (Wildman–Crippen LogP) is 10.6. The van der Waals surface area contributed by atoms with Gasteiger partial charge in [-0.3, -0.25) is 0 Å². The van der Waals surface area contributed by atoms with Crippen molar-refractivity contribution in [1.29, 1.82) is 0 Å². The van der Waals surface area contributed by atoms with Crippen LogP contribution in [0.4, 0.5) is 0 Å². The monoisotopic (exact) mass is 502 g/mol. The molecule has 188 valence electrons. The Morgan fingerprint density at radius 3 is 1.82 bits per heavy atom. The molecule has 1 aliphatic carbocycles. The summed E-state index contributed by atoms with van der Waals surface area (Å²) in [6, 6.07) is 4.62. The van der Waals surface area contributed by atoms with Crippen molar-refractivity contribution in [1.82, 2.24) is 0 Å². The van der Waals surface area contributed by atoms with Crippen molar-refractivity contribution in [3.8, 4) is 5.75 Å². The van der Waals surface area contributed by atoms with Crippen LogP contribution < -0.4 is 4.52 Å². The summed E-state index contributed by atoms with van der Waals surface area (Å²) in [5.74, 6) is 1.78. The number of hydrogen-bond donors (Lipinski definition) is 0. The Morgan fingerprint density at radius 1 is 0.765 bits per heavy atom. The molecule has 1 heterocycles. The zero-order chi connectivity index (χ0) is 26.0. The van der Waals surface area contributed by atoms with Crippen LogP contribution in [0.25, 0.3) is 5.57 Å². The molecule has 1 aromatic rings. The molecule has 2 aliphatic rings. The number of rotatable bonds is 0. The molecule has 0 saturated carbocycles. The molecule has 1 aromatic carbocycles. The molecule has 0 amide bonds. The van der Waals surface area contributed by atoms with Crippen LogP contribution in [-0.2, 0) is 15.4 Å². The fraction of sp³-hybridized carbons (Fsp3) is 0.600. The topological polar surface area (TPSA) is 18.5 Å². The molecular weight excluding hydrogens is 459 g/mol. The van der Waals surface area contributed by atoms with Crippen molar-refractivity contribution in [2.45, 2.75) is 107 Å². The third-order valence-electron chi connectivity index (χ3n) is 6.92. The van der Waals surface area contributed by atoms with E-state index in [-0.39, 0.29) is 21.7 Å². The third kappa shape index (κ3) is 5.44. The lowest BCUT2D eigenvalue weighted by molar-refractivity contribution is 0.383. The molecule has 0 aromatic heterocycles. The normalized spacial score (nSPS) is 22.2. The van der Waals surface area contributed by atoms with Gasteiger partial charge >= 0.3 is 7.73 Å². The van der Waals surface area contributed by atoms with Crippen LogP contribution in [0.5, 0.6) is 5.75 Å². The van der Waals surface area contributed by atoms with Crippen LogP contribution in [0.15, 0.2) is 40.7 Å². The minimum Gasteiger partial charge on any atom is -0.427 e. The number of allylic oxidation sites excluding steroid dienone is 5. The molecule has 0 saturated heterocycles. The average Bonchev–Trinajstić information content (AvgIpc) is 2.63. The lowest BCUT2D eigenvalue weighted by atomic mass is 9.72. The predicted molar refractivity (Wildman–Crippen MR) is 150 cm³/mol. The minimum absolute atomic E-state index is 0.0167. The largest absolute Gasteiger partial charge is 0.427 e. The van der Waals surface area contributed by atoms with Crippen molar-refractivity contribution < 1.29 is 9.05 Å². The Labute approximate surface area is 214 Å². The van der Waals surface area contributed by atoms with E-state index in [0.717, 1.165) is 23.5 Å². The van der Waals surface area contributed by atoms with Crippen molar-refractivity contribution in [3.63, 3.8) is 0 Å². The molecule has 1 aliphatic heterocycles. The molecule has 0 bridgehead atoms. The van der Waals surface area contributed by atoms with Gasteiger partial charge in [0.25, 0.3) is 0 Å². The first-order chi connectivity index (χ1) is 15.2. The van der Waals surface area contributed by atoms with E-state index in [1.54, 1.807) is 0 Å². The Bertz CT molecular complexity index is 1080. The van der Waals surface area contributed by atoms with E-state index in [2.05, 4.69) is 108 Å². The molecular formula is C30H44ClO2P. The second-order valence-electron chi connectivity index (χ2n) is 14.0. The summed E-state index contributed by atoms with van der Waals surface area (Å²) in [5, 5.41) is 0. The summed E-state index contributed by atoms with van der Waals surface area (Å²) >= 11 is 6.83. The van der Waals surface area contributed by atoms with E-state index < -0.39 is 7.73 Å². The first-order valence-corrected chi connectivity index (χ1v) is 14.5. The summed E-state index contributed by atoms with van der Waals surface area (Å²) in [6.07, 6.45) is 3.20. The Morgan fingerprint density at radius 2 is 1.35 bits per heavy atom. The lowest BCUT2D eigenvalue weighted by Gasteiger charge is -2.37. The smallest absolute Gasteiger partial charge is 0.401 e. The maximum absolute atomic E-state index is 6.83. The van der Waals surface area contributed by atoms with Crippen molar-refractivity contribution in [2.75, 3.05) is 0 Å². The number of halogens is 1. The Hall–Kier alpha value is -1.24. The van der Waals surface area contributed by atoms with E-state index in [1.807, 2.05) is 0 Å². The van der Waals surface area contributed by atoms with Crippen LogP contribution in [0, 0.1) is 10.8 Å². The van der Waals surface area contributed by atoms with Gasteiger partial charge in [0.05, 0.1) is 0 Å². The van der Waals surface area contributed by atoms with Crippen LogP contribution in [0.2, 0.25) is 0 Å². The molecule has 0 fully saturated rings. The molecule has 0 N–H and O–H groups in total. The maximum Gasteiger partial charge on any atom is 0.401 e. The first kappa shape index (κ1) is 27.3. The standard InChI is InChI=1S/C30H44ClO2P/c1-18-21-14-19(27(2,3)4)16-23(29(8,9)10)25(21)32-34(31)33-26-22(18)15-20(28(5,6)7)17-24(26)30(11,12)13/h14,16-17H,15H2,1-13H3/b22-18-. The molecule has 1 atom stereocenters. The van der Waals surface area contributed by atoms with Crippen molar-refractivity contribution in [3.05, 3.63) is 57.4 Å². The molecule has 3 rings (SSSR count). The number of fused-ring (bicyclic) bond motifs is 2. The van der Waals surface area contributed by atoms with Crippen LogP contribution in [0.1, 0.15) is 113 Å². The van der Waals surface area contributed by atoms with Crippen molar-refractivity contribution >= 4 is 24.5 Å². The van der Waals surface area contributed by atoms with E-state index in [1.165, 1.54) is 33.4 Å². The maximum atomic E-state index is 6.83. The van der Waals surface area contributed by atoms with E-state index in [9.17, 15) is 0 Å². The summed E-state index contributed by atoms with van der Waals surface area (Å²) in [5.41, 5.74) is 8.60. The van der Waals surface area contributed by atoms with E-state index >= 15 is 0 Å². The van der Waals surface area contributed by atoms with Gasteiger partial charge < -0.3 is 9.05 Å². The van der Waals surface area contributed by atoms with E-state index in [4.69, 9.17) is 20.3 Å². The van der Waals surface area contributed by atoms with E-state index in [0.29, 0.717) is 0 Å². The lowest BCUT2D eigenvalue weighted by Crippen LogP contribution is -2.23. The molecule has 0 radical (unpaired) electrons. The minimum atomic E-state index is -1.65. The van der Waals surface area contributed by atoms with Gasteiger partial charge in [-0.1, -0.05) is 101 Å². The van der Waals surface area contributed by atoms with Crippen LogP contribution in [-0.4, -0.2) is 0 Å². The molecule has 0 spiro atoms. The van der Waals surface area contributed by atoms with Gasteiger partial charge in [0.15, 0.2) is 0 Å².